The fourth-order valence-corrected chi connectivity index (χ4v) is 1.34. The van der Waals surface area contributed by atoms with Crippen molar-refractivity contribution in [3.63, 3.8) is 0 Å². The second-order valence-electron chi connectivity index (χ2n) is 3.59. The first-order chi connectivity index (χ1) is 7.77. The molecule has 1 atom stereocenters. The van der Waals surface area contributed by atoms with Gasteiger partial charge in [-0.2, -0.15) is 0 Å². The molecule has 3 nitrogen and oxygen atoms in total. The number of unbranched alkanes of at least 4 members (excludes halogenated alkanes) is 1. The third-order valence-electron chi connectivity index (χ3n) is 2.26. The monoisotopic (exact) mass is 220 g/mol. The van der Waals surface area contributed by atoms with Gasteiger partial charge < -0.3 is 4.74 Å². The third-order valence-corrected chi connectivity index (χ3v) is 2.26. The first-order valence-corrected chi connectivity index (χ1v) is 5.49. The van der Waals surface area contributed by atoms with Gasteiger partial charge in [0.25, 0.3) is 0 Å². The number of esters is 1. The van der Waals surface area contributed by atoms with E-state index in [1.165, 1.54) is 0 Å². The minimum absolute atomic E-state index is 0.436. The topological polar surface area (TPSA) is 43.4 Å². The SMILES string of the molecule is CCCCC(C=O)OC(=O)c1ccccc1. The Morgan fingerprint density at radius 3 is 2.62 bits per heavy atom. The molecular formula is C13H16O3. The quantitative estimate of drug-likeness (QED) is 0.546. The molecule has 1 aromatic carbocycles. The van der Waals surface area contributed by atoms with Crippen LogP contribution in [0, 0.1) is 0 Å². The van der Waals surface area contributed by atoms with Crippen molar-refractivity contribution in [1.29, 1.82) is 0 Å². The average molecular weight is 220 g/mol. The summed E-state index contributed by atoms with van der Waals surface area (Å²) in [5.74, 6) is -0.436. The number of hydrogen-bond acceptors (Lipinski definition) is 3. The summed E-state index contributed by atoms with van der Waals surface area (Å²) in [7, 11) is 0. The molecule has 86 valence electrons. The van der Waals surface area contributed by atoms with Gasteiger partial charge in [-0.15, -0.1) is 0 Å². The van der Waals surface area contributed by atoms with E-state index in [1.54, 1.807) is 24.3 Å². The highest BCUT2D eigenvalue weighted by Crippen LogP contribution is 2.07. The Morgan fingerprint density at radius 2 is 2.06 bits per heavy atom. The smallest absolute Gasteiger partial charge is 0.338 e. The lowest BCUT2D eigenvalue weighted by Gasteiger charge is -2.11. The normalized spacial score (nSPS) is 11.8. The first kappa shape index (κ1) is 12.4. The van der Waals surface area contributed by atoms with Crippen LogP contribution in [0.15, 0.2) is 30.3 Å². The van der Waals surface area contributed by atoms with E-state index in [-0.39, 0.29) is 0 Å². The van der Waals surface area contributed by atoms with E-state index in [1.807, 2.05) is 13.0 Å². The van der Waals surface area contributed by atoms with Gasteiger partial charge in [0.1, 0.15) is 0 Å². The highest BCUT2D eigenvalue weighted by molar-refractivity contribution is 5.90. The second-order valence-corrected chi connectivity index (χ2v) is 3.59. The molecule has 0 aliphatic rings. The summed E-state index contributed by atoms with van der Waals surface area (Å²) in [6, 6.07) is 8.69. The van der Waals surface area contributed by atoms with Crippen molar-refractivity contribution in [2.75, 3.05) is 0 Å². The summed E-state index contributed by atoms with van der Waals surface area (Å²) >= 11 is 0. The predicted molar refractivity (Wildman–Crippen MR) is 61.2 cm³/mol. The predicted octanol–water partition coefficient (Wildman–Crippen LogP) is 2.60. The van der Waals surface area contributed by atoms with Crippen molar-refractivity contribution in [2.24, 2.45) is 0 Å². The Kier molecular flexibility index (Phi) is 5.26. The minimum Gasteiger partial charge on any atom is -0.451 e. The fourth-order valence-electron chi connectivity index (χ4n) is 1.34. The fraction of sp³-hybridized carbons (Fsp3) is 0.385. The number of rotatable bonds is 6. The maximum Gasteiger partial charge on any atom is 0.338 e. The van der Waals surface area contributed by atoms with Crippen LogP contribution in [0.2, 0.25) is 0 Å². The number of ether oxygens (including phenoxy) is 1. The molecular weight excluding hydrogens is 204 g/mol. The van der Waals surface area contributed by atoms with Crippen molar-refractivity contribution in [3.05, 3.63) is 35.9 Å². The van der Waals surface area contributed by atoms with E-state index in [9.17, 15) is 9.59 Å². The standard InChI is InChI=1S/C13H16O3/c1-2-3-9-12(10-14)16-13(15)11-7-5-4-6-8-11/h4-8,10,12H,2-3,9H2,1H3. The number of carbonyl (C=O) groups excluding carboxylic acids is 2. The van der Waals surface area contributed by atoms with E-state index in [0.717, 1.165) is 12.8 Å². The van der Waals surface area contributed by atoms with Gasteiger partial charge in [-0.1, -0.05) is 31.5 Å². The minimum atomic E-state index is -0.618. The van der Waals surface area contributed by atoms with Crippen molar-refractivity contribution in [1.82, 2.24) is 0 Å². The molecule has 1 aromatic rings. The molecule has 0 saturated carbocycles. The zero-order valence-corrected chi connectivity index (χ0v) is 9.39. The van der Waals surface area contributed by atoms with E-state index in [4.69, 9.17) is 4.74 Å². The molecule has 0 fully saturated rings. The van der Waals surface area contributed by atoms with Gasteiger partial charge in [-0.3, -0.25) is 4.79 Å². The van der Waals surface area contributed by atoms with Gasteiger partial charge in [0.15, 0.2) is 12.4 Å². The molecule has 16 heavy (non-hydrogen) atoms. The van der Waals surface area contributed by atoms with Crippen LogP contribution in [0.4, 0.5) is 0 Å². The highest BCUT2D eigenvalue weighted by Gasteiger charge is 2.14. The summed E-state index contributed by atoms with van der Waals surface area (Å²) in [5, 5.41) is 0. The number of benzene rings is 1. The van der Waals surface area contributed by atoms with Crippen LogP contribution in [0.25, 0.3) is 0 Å². The van der Waals surface area contributed by atoms with Gasteiger partial charge in [-0.25, -0.2) is 4.79 Å². The van der Waals surface area contributed by atoms with Crippen molar-refractivity contribution < 1.29 is 14.3 Å². The maximum atomic E-state index is 11.6. The van der Waals surface area contributed by atoms with Crippen LogP contribution in [-0.4, -0.2) is 18.4 Å². The van der Waals surface area contributed by atoms with Crippen molar-refractivity contribution >= 4 is 12.3 Å². The molecule has 0 heterocycles. The number of hydrogen-bond donors (Lipinski definition) is 0. The van der Waals surface area contributed by atoms with Crippen LogP contribution >= 0.6 is 0 Å². The van der Waals surface area contributed by atoms with Crippen molar-refractivity contribution in [2.45, 2.75) is 32.3 Å². The Bertz CT molecular complexity index is 332. The summed E-state index contributed by atoms with van der Waals surface area (Å²) < 4.78 is 5.08. The van der Waals surface area contributed by atoms with E-state index in [0.29, 0.717) is 18.3 Å². The lowest BCUT2D eigenvalue weighted by Crippen LogP contribution is -2.19. The largest absolute Gasteiger partial charge is 0.451 e. The molecule has 0 saturated heterocycles. The summed E-state index contributed by atoms with van der Waals surface area (Å²) in [5.41, 5.74) is 0.478. The number of aldehydes is 1. The molecule has 3 heteroatoms. The van der Waals surface area contributed by atoms with Gasteiger partial charge in [0.05, 0.1) is 5.56 Å². The van der Waals surface area contributed by atoms with Crippen LogP contribution < -0.4 is 0 Å². The van der Waals surface area contributed by atoms with Gasteiger partial charge in [0, 0.05) is 0 Å². The van der Waals surface area contributed by atoms with Gasteiger partial charge in [0.2, 0.25) is 0 Å². The Hall–Kier alpha value is -1.64. The Labute approximate surface area is 95.4 Å². The van der Waals surface area contributed by atoms with Crippen LogP contribution in [-0.2, 0) is 9.53 Å². The molecule has 0 aliphatic carbocycles. The first-order valence-electron chi connectivity index (χ1n) is 5.49. The summed E-state index contributed by atoms with van der Waals surface area (Å²) in [6.07, 6.45) is 2.53. The second kappa shape index (κ2) is 6.77. The molecule has 0 aliphatic heterocycles. The molecule has 1 rings (SSSR count). The van der Waals surface area contributed by atoms with E-state index >= 15 is 0 Å². The van der Waals surface area contributed by atoms with E-state index in [2.05, 4.69) is 0 Å². The van der Waals surface area contributed by atoms with Crippen LogP contribution in [0.1, 0.15) is 36.5 Å². The molecule has 0 aromatic heterocycles. The summed E-state index contributed by atoms with van der Waals surface area (Å²) in [4.78, 5) is 22.3. The highest BCUT2D eigenvalue weighted by atomic mass is 16.5. The average Bonchev–Trinajstić information content (AvgIpc) is 2.35. The van der Waals surface area contributed by atoms with Gasteiger partial charge in [-0.05, 0) is 25.0 Å². The Balaban J connectivity index is 2.52. The van der Waals surface area contributed by atoms with Crippen molar-refractivity contribution in [3.8, 4) is 0 Å². The zero-order chi connectivity index (χ0) is 11.8. The van der Waals surface area contributed by atoms with Crippen LogP contribution in [0.3, 0.4) is 0 Å². The van der Waals surface area contributed by atoms with E-state index < -0.39 is 12.1 Å². The molecule has 0 spiro atoms. The lowest BCUT2D eigenvalue weighted by molar-refractivity contribution is -0.115. The van der Waals surface area contributed by atoms with Gasteiger partial charge >= 0.3 is 5.97 Å². The molecule has 0 radical (unpaired) electrons. The number of carbonyl (C=O) groups is 2. The molecule has 0 N–H and O–H groups in total. The summed E-state index contributed by atoms with van der Waals surface area (Å²) in [6.45, 7) is 2.03. The Morgan fingerprint density at radius 1 is 1.38 bits per heavy atom. The molecule has 1 unspecified atom stereocenters. The maximum absolute atomic E-state index is 11.6. The molecule has 0 amide bonds. The van der Waals surface area contributed by atoms with Crippen LogP contribution in [0.5, 0.6) is 0 Å². The zero-order valence-electron chi connectivity index (χ0n) is 9.39. The molecule has 0 bridgehead atoms. The third kappa shape index (κ3) is 3.85. The lowest BCUT2D eigenvalue weighted by atomic mass is 10.2.